The Labute approximate surface area is 109 Å². The van der Waals surface area contributed by atoms with Crippen LogP contribution in [0.25, 0.3) is 0 Å². The summed E-state index contributed by atoms with van der Waals surface area (Å²) in [6.07, 6.45) is 5.73. The highest BCUT2D eigenvalue weighted by molar-refractivity contribution is 5.66. The van der Waals surface area contributed by atoms with Gasteiger partial charge in [-0.05, 0) is 38.3 Å². The van der Waals surface area contributed by atoms with Crippen molar-refractivity contribution in [3.8, 4) is 0 Å². The predicted octanol–water partition coefficient (Wildman–Crippen LogP) is 2.79. The zero-order valence-corrected chi connectivity index (χ0v) is 11.6. The molecular formula is C14H22O4. The van der Waals surface area contributed by atoms with Crippen molar-refractivity contribution < 1.29 is 19.1 Å². The van der Waals surface area contributed by atoms with E-state index in [9.17, 15) is 9.59 Å². The maximum Gasteiger partial charge on any atom is 0.302 e. The molecule has 0 radical (unpaired) electrons. The van der Waals surface area contributed by atoms with E-state index in [2.05, 4.69) is 0 Å². The number of rotatable bonds is 7. The molecule has 0 rings (SSSR count). The van der Waals surface area contributed by atoms with Gasteiger partial charge in [-0.25, -0.2) is 0 Å². The molecule has 102 valence electrons. The van der Waals surface area contributed by atoms with E-state index in [-0.39, 0.29) is 11.9 Å². The van der Waals surface area contributed by atoms with E-state index in [4.69, 9.17) is 9.47 Å². The minimum absolute atomic E-state index is 0.264. The highest BCUT2D eigenvalue weighted by atomic mass is 16.5. The summed E-state index contributed by atoms with van der Waals surface area (Å²) in [4.78, 5) is 21.2. The van der Waals surface area contributed by atoms with Gasteiger partial charge in [0.2, 0.25) is 0 Å². The fourth-order valence-corrected chi connectivity index (χ4v) is 1.22. The molecule has 4 heteroatoms. The third kappa shape index (κ3) is 10.9. The molecule has 0 aromatic rings. The second kappa shape index (κ2) is 9.45. The van der Waals surface area contributed by atoms with Crippen molar-refractivity contribution in [2.24, 2.45) is 0 Å². The van der Waals surface area contributed by atoms with Gasteiger partial charge in [0.1, 0.15) is 13.2 Å². The molecule has 0 aliphatic rings. The van der Waals surface area contributed by atoms with Gasteiger partial charge in [-0.1, -0.05) is 11.6 Å². The Balaban J connectivity index is 3.83. The van der Waals surface area contributed by atoms with Gasteiger partial charge in [0.15, 0.2) is 0 Å². The average Bonchev–Trinajstić information content (AvgIpc) is 2.25. The van der Waals surface area contributed by atoms with Crippen molar-refractivity contribution in [2.75, 3.05) is 13.2 Å². The number of hydrogen-bond donors (Lipinski definition) is 0. The summed E-state index contributed by atoms with van der Waals surface area (Å²) in [5.41, 5.74) is 2.21. The summed E-state index contributed by atoms with van der Waals surface area (Å²) in [5.74, 6) is -0.531. The van der Waals surface area contributed by atoms with Gasteiger partial charge in [0, 0.05) is 13.8 Å². The van der Waals surface area contributed by atoms with Crippen molar-refractivity contribution in [1.82, 2.24) is 0 Å². The van der Waals surface area contributed by atoms with E-state index in [1.165, 1.54) is 19.4 Å². The lowest BCUT2D eigenvalue weighted by atomic mass is 10.1. The molecule has 18 heavy (non-hydrogen) atoms. The minimum Gasteiger partial charge on any atom is -0.462 e. The topological polar surface area (TPSA) is 52.6 Å². The van der Waals surface area contributed by atoms with E-state index in [0.717, 1.165) is 18.4 Å². The van der Waals surface area contributed by atoms with Crippen LogP contribution < -0.4 is 0 Å². The second-order valence-corrected chi connectivity index (χ2v) is 4.22. The standard InChI is InChI=1S/C14H22O4/c1-11(8-9-17-13(3)15)6-5-7-12(2)10-18-14(4)16/h7-8H,5-6,9-10H2,1-4H3. The predicted molar refractivity (Wildman–Crippen MR) is 70.0 cm³/mol. The van der Waals surface area contributed by atoms with E-state index >= 15 is 0 Å². The van der Waals surface area contributed by atoms with Gasteiger partial charge >= 0.3 is 11.9 Å². The molecule has 0 aliphatic heterocycles. The van der Waals surface area contributed by atoms with Crippen LogP contribution in [-0.4, -0.2) is 25.2 Å². The molecule has 0 bridgehead atoms. The number of esters is 2. The summed E-state index contributed by atoms with van der Waals surface area (Å²) in [7, 11) is 0. The highest BCUT2D eigenvalue weighted by Gasteiger charge is 1.95. The fourth-order valence-electron chi connectivity index (χ4n) is 1.22. The normalized spacial score (nSPS) is 12.2. The summed E-state index contributed by atoms with van der Waals surface area (Å²) in [5, 5.41) is 0. The molecule has 0 N–H and O–H groups in total. The van der Waals surface area contributed by atoms with Gasteiger partial charge in [-0.2, -0.15) is 0 Å². The maximum absolute atomic E-state index is 10.6. The number of ether oxygens (including phenoxy) is 2. The first kappa shape index (κ1) is 16.4. The van der Waals surface area contributed by atoms with E-state index in [1.807, 2.05) is 26.0 Å². The molecule has 0 aromatic heterocycles. The quantitative estimate of drug-likeness (QED) is 0.518. The fraction of sp³-hybridized carbons (Fsp3) is 0.571. The van der Waals surface area contributed by atoms with E-state index < -0.39 is 0 Å². The lowest BCUT2D eigenvalue weighted by Gasteiger charge is -2.03. The van der Waals surface area contributed by atoms with Crippen LogP contribution in [0.2, 0.25) is 0 Å². The molecule has 0 atom stereocenters. The molecule has 0 amide bonds. The van der Waals surface area contributed by atoms with Crippen LogP contribution >= 0.6 is 0 Å². The number of carbonyl (C=O) groups excluding carboxylic acids is 2. The molecule has 4 nitrogen and oxygen atoms in total. The molecular weight excluding hydrogens is 232 g/mol. The first-order chi connectivity index (χ1) is 8.41. The number of hydrogen-bond acceptors (Lipinski definition) is 4. The Bertz CT molecular complexity index is 340. The third-order valence-corrected chi connectivity index (χ3v) is 2.25. The largest absolute Gasteiger partial charge is 0.462 e. The summed E-state index contributed by atoms with van der Waals surface area (Å²) >= 11 is 0. The van der Waals surface area contributed by atoms with Crippen LogP contribution in [-0.2, 0) is 19.1 Å². The van der Waals surface area contributed by atoms with Crippen molar-refractivity contribution >= 4 is 11.9 Å². The lowest BCUT2D eigenvalue weighted by Crippen LogP contribution is -2.01. The van der Waals surface area contributed by atoms with Gasteiger partial charge in [0.25, 0.3) is 0 Å². The molecule has 0 unspecified atom stereocenters. The molecule has 0 spiro atoms. The molecule has 0 aromatic carbocycles. The Morgan fingerprint density at radius 1 is 0.889 bits per heavy atom. The molecule has 0 fully saturated rings. The molecule has 0 saturated carbocycles. The van der Waals surface area contributed by atoms with Crippen molar-refractivity contribution in [3.05, 3.63) is 23.3 Å². The minimum atomic E-state index is -0.267. The monoisotopic (exact) mass is 254 g/mol. The summed E-state index contributed by atoms with van der Waals surface area (Å²) in [6.45, 7) is 7.40. The van der Waals surface area contributed by atoms with E-state index in [0.29, 0.717) is 13.2 Å². The average molecular weight is 254 g/mol. The highest BCUT2D eigenvalue weighted by Crippen LogP contribution is 2.07. The first-order valence-electron chi connectivity index (χ1n) is 5.99. The SMILES string of the molecule is CC(=O)OCC=C(C)CCC=C(C)COC(C)=O. The van der Waals surface area contributed by atoms with Crippen molar-refractivity contribution in [1.29, 1.82) is 0 Å². The lowest BCUT2D eigenvalue weighted by molar-refractivity contribution is -0.140. The van der Waals surface area contributed by atoms with Gasteiger partial charge in [-0.3, -0.25) is 9.59 Å². The Morgan fingerprint density at radius 3 is 2.06 bits per heavy atom. The van der Waals surface area contributed by atoms with Crippen molar-refractivity contribution in [2.45, 2.75) is 40.5 Å². The number of carbonyl (C=O) groups is 2. The first-order valence-corrected chi connectivity index (χ1v) is 5.99. The molecule has 0 aliphatic carbocycles. The second-order valence-electron chi connectivity index (χ2n) is 4.22. The molecule has 0 heterocycles. The zero-order chi connectivity index (χ0) is 14.0. The van der Waals surface area contributed by atoms with Gasteiger partial charge < -0.3 is 9.47 Å². The maximum atomic E-state index is 10.6. The number of allylic oxidation sites excluding steroid dienone is 2. The summed E-state index contributed by atoms with van der Waals surface area (Å²) in [6, 6.07) is 0. The van der Waals surface area contributed by atoms with E-state index in [1.54, 1.807) is 0 Å². The van der Waals surface area contributed by atoms with Crippen LogP contribution in [0.15, 0.2) is 23.3 Å². The van der Waals surface area contributed by atoms with Gasteiger partial charge in [0.05, 0.1) is 0 Å². The van der Waals surface area contributed by atoms with Crippen LogP contribution in [0.4, 0.5) is 0 Å². The third-order valence-electron chi connectivity index (χ3n) is 2.25. The van der Waals surface area contributed by atoms with Crippen LogP contribution in [0, 0.1) is 0 Å². The summed E-state index contributed by atoms with van der Waals surface area (Å²) < 4.78 is 9.69. The Morgan fingerprint density at radius 2 is 1.50 bits per heavy atom. The Kier molecular flexibility index (Phi) is 8.62. The van der Waals surface area contributed by atoms with Crippen LogP contribution in [0.3, 0.4) is 0 Å². The zero-order valence-electron chi connectivity index (χ0n) is 11.6. The van der Waals surface area contributed by atoms with Crippen LogP contribution in [0.5, 0.6) is 0 Å². The Hall–Kier alpha value is -1.58. The van der Waals surface area contributed by atoms with Gasteiger partial charge in [-0.15, -0.1) is 0 Å². The molecule has 0 saturated heterocycles. The smallest absolute Gasteiger partial charge is 0.302 e. The van der Waals surface area contributed by atoms with Crippen molar-refractivity contribution in [3.63, 3.8) is 0 Å². The van der Waals surface area contributed by atoms with Crippen LogP contribution in [0.1, 0.15) is 40.5 Å².